The van der Waals surface area contributed by atoms with Gasteiger partial charge in [-0.05, 0) is 81.8 Å². The standard InChI is InChI=1S/C28H35N7O3/c1-29-26(36)21-14-24(32-27(37)30-22-10-6-19(7-11-22)17-34(2)3)16-25(15-21)33-28(38)31-23-12-8-20(9-13-23)18-35(4)5/h6-16H,17-18H2,1-5H3,(H,29,36)(H2,30,32,37)(H2,31,33,38). The van der Waals surface area contributed by atoms with E-state index >= 15 is 0 Å². The third-order valence-electron chi connectivity index (χ3n) is 5.36. The minimum atomic E-state index is -0.479. The van der Waals surface area contributed by atoms with E-state index in [0.717, 1.165) is 24.2 Å². The van der Waals surface area contributed by atoms with Gasteiger partial charge in [-0.3, -0.25) is 4.79 Å². The second-order valence-corrected chi connectivity index (χ2v) is 9.41. The Morgan fingerprint density at radius 1 is 0.579 bits per heavy atom. The Labute approximate surface area is 223 Å². The van der Waals surface area contributed by atoms with Gasteiger partial charge in [0.1, 0.15) is 0 Å². The predicted molar refractivity (Wildman–Crippen MR) is 153 cm³/mol. The largest absolute Gasteiger partial charge is 0.355 e. The van der Waals surface area contributed by atoms with Gasteiger partial charge in [-0.15, -0.1) is 0 Å². The molecule has 0 atom stereocenters. The smallest absolute Gasteiger partial charge is 0.323 e. The van der Waals surface area contributed by atoms with Crippen LogP contribution in [-0.2, 0) is 13.1 Å². The lowest BCUT2D eigenvalue weighted by Gasteiger charge is -2.14. The van der Waals surface area contributed by atoms with Gasteiger partial charge in [0.25, 0.3) is 5.91 Å². The lowest BCUT2D eigenvalue weighted by molar-refractivity contribution is 0.0963. The van der Waals surface area contributed by atoms with E-state index in [1.165, 1.54) is 19.2 Å². The number of carbonyl (C=O) groups excluding carboxylic acids is 3. The van der Waals surface area contributed by atoms with Crippen molar-refractivity contribution in [3.63, 3.8) is 0 Å². The third-order valence-corrected chi connectivity index (χ3v) is 5.36. The zero-order valence-corrected chi connectivity index (χ0v) is 22.4. The van der Waals surface area contributed by atoms with Crippen LogP contribution >= 0.6 is 0 Å². The second kappa shape index (κ2) is 13.2. The SMILES string of the molecule is CNC(=O)c1cc(NC(=O)Nc2ccc(CN(C)C)cc2)cc(NC(=O)Nc2ccc(CN(C)C)cc2)c1. The first-order chi connectivity index (χ1) is 18.1. The first-order valence-electron chi connectivity index (χ1n) is 12.1. The summed E-state index contributed by atoms with van der Waals surface area (Å²) in [6.45, 7) is 1.59. The molecule has 0 saturated heterocycles. The lowest BCUT2D eigenvalue weighted by Crippen LogP contribution is -2.23. The van der Waals surface area contributed by atoms with Crippen molar-refractivity contribution >= 4 is 40.7 Å². The van der Waals surface area contributed by atoms with Crippen LogP contribution in [-0.4, -0.2) is 63.0 Å². The summed E-state index contributed by atoms with van der Waals surface area (Å²) < 4.78 is 0. The second-order valence-electron chi connectivity index (χ2n) is 9.41. The first kappa shape index (κ1) is 28.2. The third kappa shape index (κ3) is 8.91. The van der Waals surface area contributed by atoms with E-state index in [1.807, 2.05) is 76.7 Å². The summed E-state index contributed by atoms with van der Waals surface area (Å²) in [7, 11) is 9.46. The number of nitrogens with one attached hydrogen (secondary N) is 5. The maximum absolute atomic E-state index is 12.6. The van der Waals surface area contributed by atoms with Crippen LogP contribution < -0.4 is 26.6 Å². The number of rotatable bonds is 9. The van der Waals surface area contributed by atoms with Crippen molar-refractivity contribution in [3.05, 3.63) is 83.4 Å². The Morgan fingerprint density at radius 3 is 1.29 bits per heavy atom. The summed E-state index contributed by atoms with van der Waals surface area (Å²) in [6.07, 6.45) is 0. The van der Waals surface area contributed by atoms with Gasteiger partial charge in [-0.2, -0.15) is 0 Å². The number of amides is 5. The van der Waals surface area contributed by atoms with E-state index in [9.17, 15) is 14.4 Å². The maximum Gasteiger partial charge on any atom is 0.323 e. The molecule has 0 fully saturated rings. The minimum Gasteiger partial charge on any atom is -0.355 e. The molecule has 38 heavy (non-hydrogen) atoms. The number of urea groups is 2. The molecule has 3 aromatic carbocycles. The average molecular weight is 518 g/mol. The Morgan fingerprint density at radius 2 is 0.947 bits per heavy atom. The topological polar surface area (TPSA) is 118 Å². The van der Waals surface area contributed by atoms with Gasteiger partial charge in [0.15, 0.2) is 0 Å². The summed E-state index contributed by atoms with van der Waals surface area (Å²) in [5.74, 6) is -0.356. The van der Waals surface area contributed by atoms with Gasteiger partial charge in [0, 0.05) is 48.5 Å². The predicted octanol–water partition coefficient (Wildman–Crippen LogP) is 4.46. The number of hydrogen-bond acceptors (Lipinski definition) is 5. The molecule has 0 radical (unpaired) electrons. The van der Waals surface area contributed by atoms with Crippen LogP contribution in [0.4, 0.5) is 32.3 Å². The van der Waals surface area contributed by atoms with Crippen LogP contribution in [0.5, 0.6) is 0 Å². The maximum atomic E-state index is 12.6. The quantitative estimate of drug-likeness (QED) is 0.287. The minimum absolute atomic E-state index is 0.279. The van der Waals surface area contributed by atoms with E-state index in [4.69, 9.17) is 0 Å². The molecule has 10 heteroatoms. The number of nitrogens with zero attached hydrogens (tertiary/aromatic N) is 2. The summed E-state index contributed by atoms with van der Waals surface area (Å²) in [5, 5.41) is 13.6. The highest BCUT2D eigenvalue weighted by atomic mass is 16.2. The van der Waals surface area contributed by atoms with Gasteiger partial charge in [-0.25, -0.2) is 9.59 Å². The molecule has 0 saturated carbocycles. The molecule has 200 valence electrons. The van der Waals surface area contributed by atoms with Gasteiger partial charge < -0.3 is 36.4 Å². The average Bonchev–Trinajstić information content (AvgIpc) is 2.85. The molecular formula is C28H35N7O3. The summed E-state index contributed by atoms with van der Waals surface area (Å²) in [4.78, 5) is 41.7. The van der Waals surface area contributed by atoms with E-state index in [2.05, 4.69) is 36.4 Å². The van der Waals surface area contributed by atoms with Crippen molar-refractivity contribution in [2.24, 2.45) is 0 Å². The van der Waals surface area contributed by atoms with Gasteiger partial charge >= 0.3 is 12.1 Å². The Hall–Kier alpha value is -4.41. The fourth-order valence-corrected chi connectivity index (χ4v) is 3.75. The number of carbonyl (C=O) groups is 3. The van der Waals surface area contributed by atoms with E-state index in [1.54, 1.807) is 6.07 Å². The van der Waals surface area contributed by atoms with Gasteiger partial charge in [-0.1, -0.05) is 24.3 Å². The van der Waals surface area contributed by atoms with Crippen LogP contribution in [0.15, 0.2) is 66.7 Å². The molecule has 0 spiro atoms. The summed E-state index contributed by atoms with van der Waals surface area (Å²) >= 11 is 0. The van der Waals surface area contributed by atoms with Crippen LogP contribution in [0, 0.1) is 0 Å². The highest BCUT2D eigenvalue weighted by Crippen LogP contribution is 2.21. The van der Waals surface area contributed by atoms with Crippen molar-refractivity contribution in [2.75, 3.05) is 56.5 Å². The first-order valence-corrected chi connectivity index (χ1v) is 12.1. The van der Waals surface area contributed by atoms with Crippen molar-refractivity contribution in [1.29, 1.82) is 0 Å². The van der Waals surface area contributed by atoms with Crippen molar-refractivity contribution in [3.8, 4) is 0 Å². The molecule has 0 unspecified atom stereocenters. The van der Waals surface area contributed by atoms with E-state index in [-0.39, 0.29) is 11.5 Å². The Kier molecular flexibility index (Phi) is 9.80. The highest BCUT2D eigenvalue weighted by molar-refractivity contribution is 6.04. The fourth-order valence-electron chi connectivity index (χ4n) is 3.75. The molecule has 3 aromatic rings. The number of hydrogen-bond donors (Lipinski definition) is 5. The van der Waals surface area contributed by atoms with Crippen LogP contribution in [0.1, 0.15) is 21.5 Å². The summed E-state index contributed by atoms with van der Waals surface area (Å²) in [5.41, 5.74) is 4.47. The molecule has 5 amide bonds. The van der Waals surface area contributed by atoms with Gasteiger partial charge in [0.05, 0.1) is 0 Å². The van der Waals surface area contributed by atoms with Crippen LogP contribution in [0.2, 0.25) is 0 Å². The van der Waals surface area contributed by atoms with E-state index in [0.29, 0.717) is 22.7 Å². The molecule has 0 aliphatic rings. The monoisotopic (exact) mass is 517 g/mol. The zero-order chi connectivity index (χ0) is 27.7. The normalized spacial score (nSPS) is 10.7. The highest BCUT2D eigenvalue weighted by Gasteiger charge is 2.12. The number of anilines is 4. The molecule has 0 bridgehead atoms. The van der Waals surface area contributed by atoms with Gasteiger partial charge in [0.2, 0.25) is 0 Å². The van der Waals surface area contributed by atoms with Crippen LogP contribution in [0.25, 0.3) is 0 Å². The molecule has 3 rings (SSSR count). The van der Waals surface area contributed by atoms with E-state index < -0.39 is 12.1 Å². The van der Waals surface area contributed by atoms with Crippen LogP contribution in [0.3, 0.4) is 0 Å². The Balaban J connectivity index is 1.67. The summed E-state index contributed by atoms with van der Waals surface area (Å²) in [6, 6.07) is 18.7. The number of benzene rings is 3. The Bertz CT molecular complexity index is 1170. The molecular weight excluding hydrogens is 482 g/mol. The lowest BCUT2D eigenvalue weighted by atomic mass is 10.1. The van der Waals surface area contributed by atoms with Crippen molar-refractivity contribution in [2.45, 2.75) is 13.1 Å². The fraction of sp³-hybridized carbons (Fsp3) is 0.250. The molecule has 0 aromatic heterocycles. The molecule has 10 nitrogen and oxygen atoms in total. The molecule has 0 aliphatic carbocycles. The molecule has 5 N–H and O–H groups in total. The molecule has 0 aliphatic heterocycles. The molecule has 0 heterocycles. The van der Waals surface area contributed by atoms with Crippen molar-refractivity contribution < 1.29 is 14.4 Å². The van der Waals surface area contributed by atoms with Crippen molar-refractivity contribution in [1.82, 2.24) is 15.1 Å². The zero-order valence-electron chi connectivity index (χ0n) is 22.4.